The lowest BCUT2D eigenvalue weighted by Gasteiger charge is -2.18. The van der Waals surface area contributed by atoms with Gasteiger partial charge in [0.05, 0.1) is 17.5 Å². The molecule has 0 aliphatic rings. The average Bonchev–Trinajstić information content (AvgIpc) is 2.58. The Morgan fingerprint density at radius 3 is 2.21 bits per heavy atom. The second kappa shape index (κ2) is 7.97. The van der Waals surface area contributed by atoms with E-state index in [-0.39, 0.29) is 23.4 Å². The van der Waals surface area contributed by atoms with Crippen LogP contribution in [0.5, 0.6) is 0 Å². The molecule has 1 atom stereocenters. The highest BCUT2D eigenvalue weighted by atomic mass is 32.2. The van der Waals surface area contributed by atoms with Crippen LogP contribution in [0.25, 0.3) is 0 Å². The smallest absolute Gasteiger partial charge is 0.239 e. The van der Waals surface area contributed by atoms with Gasteiger partial charge in [0.25, 0.3) is 0 Å². The van der Waals surface area contributed by atoms with Gasteiger partial charge < -0.3 is 10.6 Å². The number of carbonyl (C=O) groups is 1. The molecule has 24 heavy (non-hydrogen) atoms. The third-order valence-electron chi connectivity index (χ3n) is 3.68. The molecule has 128 valence electrons. The maximum atomic E-state index is 12.1. The Hall–Kier alpha value is -2.34. The van der Waals surface area contributed by atoms with Gasteiger partial charge in [-0.2, -0.15) is 0 Å². The third kappa shape index (κ3) is 5.09. The van der Waals surface area contributed by atoms with Gasteiger partial charge in [-0.05, 0) is 36.2 Å². The third-order valence-corrected chi connectivity index (χ3v) is 4.81. The van der Waals surface area contributed by atoms with Crippen molar-refractivity contribution < 1.29 is 13.2 Å². The van der Waals surface area contributed by atoms with Gasteiger partial charge in [0.15, 0.2) is 9.84 Å². The summed E-state index contributed by atoms with van der Waals surface area (Å²) in [5, 5.41) is 5.99. The monoisotopic (exact) mass is 346 g/mol. The lowest BCUT2D eigenvalue weighted by atomic mass is 10.0. The Bertz CT molecular complexity index is 772. The van der Waals surface area contributed by atoms with Crippen molar-refractivity contribution in [3.63, 3.8) is 0 Å². The molecule has 6 heteroatoms. The fourth-order valence-corrected chi connectivity index (χ4v) is 2.98. The molecule has 0 heterocycles. The molecule has 1 unspecified atom stereocenters. The van der Waals surface area contributed by atoms with E-state index in [9.17, 15) is 13.2 Å². The van der Waals surface area contributed by atoms with Crippen LogP contribution in [0.3, 0.4) is 0 Å². The summed E-state index contributed by atoms with van der Waals surface area (Å²) in [6, 6.07) is 16.2. The molecular weight excluding hydrogens is 324 g/mol. The predicted octanol–water partition coefficient (Wildman–Crippen LogP) is 2.77. The Balaban J connectivity index is 1.91. The van der Waals surface area contributed by atoms with Crippen molar-refractivity contribution in [3.8, 4) is 0 Å². The molecule has 0 aromatic heterocycles. The minimum Gasteiger partial charge on any atom is -0.376 e. The molecule has 2 rings (SSSR count). The van der Waals surface area contributed by atoms with Crippen molar-refractivity contribution >= 4 is 21.4 Å². The van der Waals surface area contributed by atoms with Crippen LogP contribution in [0.1, 0.15) is 24.9 Å². The van der Waals surface area contributed by atoms with Crippen molar-refractivity contribution in [2.75, 3.05) is 18.1 Å². The Labute approximate surface area is 143 Å². The summed E-state index contributed by atoms with van der Waals surface area (Å²) in [6.07, 6.45) is 1.97. The highest BCUT2D eigenvalue weighted by Crippen LogP contribution is 2.16. The first-order valence-corrected chi connectivity index (χ1v) is 9.67. The lowest BCUT2D eigenvalue weighted by molar-refractivity contribution is -0.120. The van der Waals surface area contributed by atoms with E-state index in [1.54, 1.807) is 12.1 Å². The van der Waals surface area contributed by atoms with Crippen molar-refractivity contribution in [2.45, 2.75) is 24.3 Å². The molecule has 0 saturated carbocycles. The summed E-state index contributed by atoms with van der Waals surface area (Å²) in [5.41, 5.74) is 1.77. The van der Waals surface area contributed by atoms with Crippen LogP contribution < -0.4 is 10.6 Å². The van der Waals surface area contributed by atoms with Gasteiger partial charge in [-0.15, -0.1) is 0 Å². The Kier molecular flexibility index (Phi) is 5.98. The highest BCUT2D eigenvalue weighted by Gasteiger charge is 2.12. The summed E-state index contributed by atoms with van der Waals surface area (Å²) in [5.74, 6) is -0.113. The molecule has 0 aliphatic heterocycles. The van der Waals surface area contributed by atoms with Crippen molar-refractivity contribution in [1.82, 2.24) is 5.32 Å². The van der Waals surface area contributed by atoms with Crippen LogP contribution in [-0.2, 0) is 14.6 Å². The largest absolute Gasteiger partial charge is 0.376 e. The zero-order chi connectivity index (χ0) is 17.6. The van der Waals surface area contributed by atoms with Crippen LogP contribution in [0.2, 0.25) is 0 Å². The summed E-state index contributed by atoms with van der Waals surface area (Å²) in [6.45, 7) is 2.15. The van der Waals surface area contributed by atoms with E-state index in [2.05, 4.69) is 10.6 Å². The number of rotatable bonds is 7. The molecule has 0 saturated heterocycles. The number of hydrogen-bond acceptors (Lipinski definition) is 4. The molecule has 2 aromatic rings. The van der Waals surface area contributed by atoms with Gasteiger partial charge in [-0.25, -0.2) is 8.42 Å². The van der Waals surface area contributed by atoms with E-state index in [4.69, 9.17) is 0 Å². The highest BCUT2D eigenvalue weighted by molar-refractivity contribution is 7.90. The number of nitrogens with one attached hydrogen (secondary N) is 2. The summed E-state index contributed by atoms with van der Waals surface area (Å²) >= 11 is 0. The van der Waals surface area contributed by atoms with Gasteiger partial charge in [0, 0.05) is 11.9 Å². The zero-order valence-corrected chi connectivity index (χ0v) is 14.6. The standard InChI is InChI=1S/C18H22N2O3S/c1-3-17(14-7-5-4-6-8-14)20-18(21)13-19-15-9-11-16(12-10-15)24(2,22)23/h4-12,17,19H,3,13H2,1-2H3,(H,20,21). The van der Waals surface area contributed by atoms with Crippen LogP contribution >= 0.6 is 0 Å². The molecule has 0 bridgehead atoms. The molecule has 0 radical (unpaired) electrons. The first-order chi connectivity index (χ1) is 11.4. The van der Waals surface area contributed by atoms with E-state index in [0.29, 0.717) is 5.69 Å². The molecule has 0 spiro atoms. The minimum absolute atomic E-state index is 0.0203. The van der Waals surface area contributed by atoms with Gasteiger partial charge in [-0.3, -0.25) is 4.79 Å². The summed E-state index contributed by atoms with van der Waals surface area (Å²) in [4.78, 5) is 12.4. The zero-order valence-electron chi connectivity index (χ0n) is 13.8. The molecule has 2 N–H and O–H groups in total. The summed E-state index contributed by atoms with van der Waals surface area (Å²) < 4.78 is 22.8. The molecular formula is C18H22N2O3S. The van der Waals surface area contributed by atoms with E-state index in [0.717, 1.165) is 18.2 Å². The van der Waals surface area contributed by atoms with Crippen LogP contribution in [0.15, 0.2) is 59.5 Å². The Morgan fingerprint density at radius 1 is 1.04 bits per heavy atom. The average molecular weight is 346 g/mol. The SMILES string of the molecule is CCC(NC(=O)CNc1ccc(S(C)(=O)=O)cc1)c1ccccc1. The quantitative estimate of drug-likeness (QED) is 0.808. The number of benzene rings is 2. The Morgan fingerprint density at radius 2 is 1.67 bits per heavy atom. The number of hydrogen-bond donors (Lipinski definition) is 2. The molecule has 0 aliphatic carbocycles. The summed E-state index contributed by atoms with van der Waals surface area (Å²) in [7, 11) is -3.21. The number of carbonyl (C=O) groups excluding carboxylic acids is 1. The first-order valence-electron chi connectivity index (χ1n) is 7.78. The van der Waals surface area contributed by atoms with E-state index < -0.39 is 9.84 Å². The van der Waals surface area contributed by atoms with E-state index >= 15 is 0 Å². The maximum Gasteiger partial charge on any atom is 0.239 e. The molecule has 1 amide bonds. The number of sulfone groups is 1. The number of amides is 1. The normalized spacial score (nSPS) is 12.4. The lowest BCUT2D eigenvalue weighted by Crippen LogP contribution is -2.33. The molecule has 2 aromatic carbocycles. The second-order valence-electron chi connectivity index (χ2n) is 5.59. The van der Waals surface area contributed by atoms with Crippen LogP contribution in [0, 0.1) is 0 Å². The predicted molar refractivity (Wildman–Crippen MR) is 95.7 cm³/mol. The molecule has 0 fully saturated rings. The van der Waals surface area contributed by atoms with Gasteiger partial charge in [0.2, 0.25) is 5.91 Å². The van der Waals surface area contributed by atoms with E-state index in [1.807, 2.05) is 37.3 Å². The van der Waals surface area contributed by atoms with Gasteiger partial charge >= 0.3 is 0 Å². The molecule has 5 nitrogen and oxygen atoms in total. The maximum absolute atomic E-state index is 12.1. The van der Waals surface area contributed by atoms with Gasteiger partial charge in [-0.1, -0.05) is 37.3 Å². The van der Waals surface area contributed by atoms with E-state index in [1.165, 1.54) is 12.1 Å². The van der Waals surface area contributed by atoms with Gasteiger partial charge in [0.1, 0.15) is 0 Å². The minimum atomic E-state index is -3.21. The van der Waals surface area contributed by atoms with Crippen molar-refractivity contribution in [1.29, 1.82) is 0 Å². The fraction of sp³-hybridized carbons (Fsp3) is 0.278. The topological polar surface area (TPSA) is 75.3 Å². The van der Waals surface area contributed by atoms with Crippen LogP contribution in [0.4, 0.5) is 5.69 Å². The van der Waals surface area contributed by atoms with Crippen LogP contribution in [-0.4, -0.2) is 27.1 Å². The fourth-order valence-electron chi connectivity index (χ4n) is 2.35. The van der Waals surface area contributed by atoms with Crippen molar-refractivity contribution in [2.24, 2.45) is 0 Å². The second-order valence-corrected chi connectivity index (χ2v) is 7.60. The first kappa shape index (κ1) is 18.0. The number of anilines is 1. The van der Waals surface area contributed by atoms with Crippen molar-refractivity contribution in [3.05, 3.63) is 60.2 Å².